The Morgan fingerprint density at radius 1 is 0.526 bits per heavy atom. The molecule has 3 atom stereocenters. The molecule has 0 aliphatic rings. The first kappa shape index (κ1) is 38.4. The Morgan fingerprint density at radius 3 is 1.16 bits per heavy atom. The Kier molecular flexibility index (Phi) is 12.4. The van der Waals surface area contributed by atoms with Gasteiger partial charge in [0.2, 0.25) is 0 Å². The van der Waals surface area contributed by atoms with Crippen LogP contribution in [0.1, 0.15) is 83.1 Å². The lowest BCUT2D eigenvalue weighted by Gasteiger charge is -2.48. The molecule has 0 unspecified atom stereocenters. The molecular formula is C29H66O5Si4. The lowest BCUT2D eigenvalue weighted by atomic mass is 10.1. The molecule has 5 nitrogen and oxygen atoms in total. The van der Waals surface area contributed by atoms with Gasteiger partial charge < -0.3 is 22.5 Å². The molecule has 0 amide bonds. The molecule has 9 heteroatoms. The zero-order chi connectivity index (χ0) is 31.0. The number of carbonyl (C=O) groups excluding carboxylic acids is 1. The highest BCUT2D eigenvalue weighted by Gasteiger charge is 2.50. The molecule has 0 aliphatic heterocycles. The van der Waals surface area contributed by atoms with Crippen molar-refractivity contribution in [2.75, 3.05) is 6.61 Å². The number of hydrogen-bond acceptors (Lipinski definition) is 5. The van der Waals surface area contributed by atoms with Crippen LogP contribution in [0.25, 0.3) is 0 Å². The molecule has 38 heavy (non-hydrogen) atoms. The van der Waals surface area contributed by atoms with Gasteiger partial charge >= 0.3 is 0 Å². The summed E-state index contributed by atoms with van der Waals surface area (Å²) in [6, 6.07) is 0. The molecule has 0 aromatic rings. The van der Waals surface area contributed by atoms with Crippen molar-refractivity contribution in [3.8, 4) is 0 Å². The quantitative estimate of drug-likeness (QED) is 0.164. The molecule has 0 rings (SSSR count). The topological polar surface area (TPSA) is 54.0 Å². The van der Waals surface area contributed by atoms with E-state index in [-0.39, 0.29) is 20.2 Å². The summed E-state index contributed by atoms with van der Waals surface area (Å²) in [5.74, 6) is 0. The monoisotopic (exact) mass is 606 g/mol. The highest BCUT2D eigenvalue weighted by Crippen LogP contribution is 2.43. The van der Waals surface area contributed by atoms with Crippen LogP contribution >= 0.6 is 0 Å². The zero-order valence-electron chi connectivity index (χ0n) is 29.1. The van der Waals surface area contributed by atoms with Gasteiger partial charge in [-0.25, -0.2) is 0 Å². The summed E-state index contributed by atoms with van der Waals surface area (Å²) < 4.78 is 27.9. The van der Waals surface area contributed by atoms with Crippen LogP contribution in [0, 0.1) is 0 Å². The zero-order valence-corrected chi connectivity index (χ0v) is 33.1. The standard InChI is InChI=1S/C29H66O5Si4/c1-26(2,3)35(13,14)31-22-24(33-37(17,18)28(7,8)9)25(34-38(19,20)29(10,11)12)23(21-30)32-36(15,16)27(4,5)6/h21,23-25H,22H2,1-20H3/t23-,24+,25+/m1/s1. The second-order valence-corrected chi connectivity index (χ2v) is 36.4. The van der Waals surface area contributed by atoms with Crippen molar-refractivity contribution in [3.63, 3.8) is 0 Å². The number of hydrogen-bond donors (Lipinski definition) is 0. The summed E-state index contributed by atoms with van der Waals surface area (Å²) in [4.78, 5) is 12.9. The molecule has 0 saturated heterocycles. The smallest absolute Gasteiger partial charge is 0.193 e. The molecular weight excluding hydrogens is 541 g/mol. The van der Waals surface area contributed by atoms with Gasteiger partial charge in [-0.05, 0) is 72.5 Å². The summed E-state index contributed by atoms with van der Waals surface area (Å²) >= 11 is 0. The molecule has 0 aromatic carbocycles. The van der Waals surface area contributed by atoms with E-state index in [0.717, 1.165) is 6.29 Å². The van der Waals surface area contributed by atoms with Crippen LogP contribution in [0.15, 0.2) is 0 Å². The Labute approximate surface area is 242 Å². The lowest BCUT2D eigenvalue weighted by molar-refractivity contribution is -0.123. The van der Waals surface area contributed by atoms with Crippen LogP contribution < -0.4 is 0 Å². The van der Waals surface area contributed by atoms with Gasteiger partial charge in [0, 0.05) is 0 Å². The molecule has 0 aliphatic carbocycles. The van der Waals surface area contributed by atoms with Gasteiger partial charge in [-0.1, -0.05) is 83.1 Å². The van der Waals surface area contributed by atoms with E-state index in [1.807, 2.05) is 0 Å². The van der Waals surface area contributed by atoms with Gasteiger partial charge in [-0.2, -0.15) is 0 Å². The van der Waals surface area contributed by atoms with Gasteiger partial charge in [-0.15, -0.1) is 0 Å². The Hall–Kier alpha value is 0.378. The molecule has 0 radical (unpaired) electrons. The fourth-order valence-corrected chi connectivity index (χ4v) is 7.69. The van der Waals surface area contributed by atoms with Crippen molar-refractivity contribution in [1.29, 1.82) is 0 Å². The van der Waals surface area contributed by atoms with Crippen molar-refractivity contribution in [3.05, 3.63) is 0 Å². The molecule has 0 N–H and O–H groups in total. The van der Waals surface area contributed by atoms with Crippen LogP contribution in [0.3, 0.4) is 0 Å². The van der Waals surface area contributed by atoms with Crippen LogP contribution in [-0.4, -0.2) is 64.5 Å². The van der Waals surface area contributed by atoms with E-state index in [1.165, 1.54) is 0 Å². The average molecular weight is 607 g/mol. The molecule has 0 fully saturated rings. The predicted molar refractivity (Wildman–Crippen MR) is 175 cm³/mol. The van der Waals surface area contributed by atoms with Crippen LogP contribution in [0.4, 0.5) is 0 Å². The van der Waals surface area contributed by atoms with E-state index >= 15 is 0 Å². The molecule has 0 heterocycles. The normalized spacial score (nSPS) is 17.8. The third-order valence-electron chi connectivity index (χ3n) is 9.96. The van der Waals surface area contributed by atoms with E-state index in [0.29, 0.717) is 6.61 Å². The molecule has 0 spiro atoms. The lowest BCUT2D eigenvalue weighted by Crippen LogP contribution is -2.60. The fourth-order valence-electron chi connectivity index (χ4n) is 2.82. The predicted octanol–water partition coefficient (Wildman–Crippen LogP) is 9.38. The Morgan fingerprint density at radius 2 is 0.842 bits per heavy atom. The minimum absolute atomic E-state index is 0.000705. The van der Waals surface area contributed by atoms with Crippen molar-refractivity contribution < 1.29 is 22.5 Å². The van der Waals surface area contributed by atoms with Crippen LogP contribution in [0.2, 0.25) is 72.5 Å². The minimum atomic E-state index is -2.30. The average Bonchev–Trinajstić information content (AvgIpc) is 2.64. The second kappa shape index (κ2) is 12.3. The summed E-state index contributed by atoms with van der Waals surface area (Å²) in [6.07, 6.45) is -0.699. The number of rotatable bonds is 12. The first-order valence-corrected chi connectivity index (χ1v) is 26.1. The summed E-state index contributed by atoms with van der Waals surface area (Å²) in [6.45, 7) is 45.1. The van der Waals surface area contributed by atoms with E-state index in [2.05, 4.69) is 135 Å². The van der Waals surface area contributed by atoms with Gasteiger partial charge in [0.15, 0.2) is 33.3 Å². The summed E-state index contributed by atoms with van der Waals surface area (Å²) in [5, 5.41) is -0.00655. The molecule has 0 aromatic heterocycles. The SMILES string of the molecule is CC(C)(C)[Si](C)(C)OC[C@H](O[Si](C)(C)C(C)(C)C)[C@@H](O[Si](C)(C)C(C)(C)C)[C@@H](C=O)O[Si](C)(C)C(C)(C)C. The van der Waals surface area contributed by atoms with Crippen LogP contribution in [-0.2, 0) is 22.5 Å². The van der Waals surface area contributed by atoms with Crippen LogP contribution in [0.5, 0.6) is 0 Å². The fraction of sp³-hybridized carbons (Fsp3) is 0.966. The van der Waals surface area contributed by atoms with E-state index in [4.69, 9.17) is 17.7 Å². The first-order valence-electron chi connectivity index (χ1n) is 14.5. The highest BCUT2D eigenvalue weighted by molar-refractivity contribution is 6.75. The maximum Gasteiger partial charge on any atom is 0.193 e. The van der Waals surface area contributed by atoms with Gasteiger partial charge in [0.05, 0.1) is 12.7 Å². The third kappa shape index (κ3) is 10.0. The molecule has 228 valence electrons. The second-order valence-electron chi connectivity index (χ2n) is 17.3. The summed E-state index contributed by atoms with van der Waals surface area (Å²) in [5.41, 5.74) is 0. The van der Waals surface area contributed by atoms with Gasteiger partial charge in [-0.3, -0.25) is 0 Å². The van der Waals surface area contributed by atoms with Gasteiger partial charge in [0.1, 0.15) is 18.5 Å². The number of aldehydes is 1. The van der Waals surface area contributed by atoms with E-state index in [1.54, 1.807) is 0 Å². The molecule has 0 bridgehead atoms. The van der Waals surface area contributed by atoms with Gasteiger partial charge in [0.25, 0.3) is 0 Å². The van der Waals surface area contributed by atoms with Crippen molar-refractivity contribution >= 4 is 39.6 Å². The Balaban J connectivity index is 6.94. The van der Waals surface area contributed by atoms with Crippen molar-refractivity contribution in [1.82, 2.24) is 0 Å². The maximum absolute atomic E-state index is 12.9. The highest BCUT2D eigenvalue weighted by atomic mass is 28.4. The van der Waals surface area contributed by atoms with Crippen molar-refractivity contribution in [2.45, 2.75) is 174 Å². The van der Waals surface area contributed by atoms with E-state index < -0.39 is 51.6 Å². The molecule has 0 saturated carbocycles. The minimum Gasteiger partial charge on any atom is -0.414 e. The third-order valence-corrected chi connectivity index (χ3v) is 27.9. The van der Waals surface area contributed by atoms with E-state index in [9.17, 15) is 4.79 Å². The first-order chi connectivity index (χ1) is 16.3. The largest absolute Gasteiger partial charge is 0.414 e. The Bertz CT molecular complexity index is 766. The van der Waals surface area contributed by atoms with Crippen molar-refractivity contribution in [2.24, 2.45) is 0 Å². The summed E-state index contributed by atoms with van der Waals surface area (Å²) in [7, 11) is -8.89. The number of carbonyl (C=O) groups is 1. The maximum atomic E-state index is 12.9.